The number of aryl methyl sites for hydroxylation is 1. The first-order valence-electron chi connectivity index (χ1n) is 6.68. The van der Waals surface area contributed by atoms with Gasteiger partial charge in [-0.15, -0.1) is 0 Å². The standard InChI is InChI=1S/C14H23NO3S2/c1-4-13-6-5-12(10-16)9-14(13)20(17,18)15-11(2)7-8-19-3/h5-6,9,11,15-16H,4,7-8,10H2,1-3H3. The summed E-state index contributed by atoms with van der Waals surface area (Å²) in [4.78, 5) is 0.280. The second-order valence-electron chi connectivity index (χ2n) is 4.76. The average molecular weight is 317 g/mol. The molecule has 2 N–H and O–H groups in total. The van der Waals surface area contributed by atoms with Gasteiger partial charge in [-0.25, -0.2) is 13.1 Å². The Kier molecular flexibility index (Phi) is 7.02. The average Bonchev–Trinajstić information content (AvgIpc) is 2.43. The summed E-state index contributed by atoms with van der Waals surface area (Å²) in [5.74, 6) is 0.918. The highest BCUT2D eigenvalue weighted by atomic mass is 32.2. The number of rotatable bonds is 8. The number of benzene rings is 1. The summed E-state index contributed by atoms with van der Waals surface area (Å²) >= 11 is 1.70. The van der Waals surface area contributed by atoms with E-state index in [1.54, 1.807) is 30.0 Å². The van der Waals surface area contributed by atoms with Crippen LogP contribution in [-0.2, 0) is 23.1 Å². The first-order chi connectivity index (χ1) is 9.44. The molecule has 0 aromatic heterocycles. The van der Waals surface area contributed by atoms with Crippen LogP contribution in [-0.4, -0.2) is 31.6 Å². The summed E-state index contributed by atoms with van der Waals surface area (Å²) in [5, 5.41) is 9.17. The number of nitrogens with one attached hydrogen (secondary N) is 1. The summed E-state index contributed by atoms with van der Waals surface area (Å²) < 4.78 is 27.6. The largest absolute Gasteiger partial charge is 0.392 e. The minimum atomic E-state index is -3.54. The van der Waals surface area contributed by atoms with Gasteiger partial charge in [-0.2, -0.15) is 11.8 Å². The second-order valence-corrected chi connectivity index (χ2v) is 7.43. The van der Waals surface area contributed by atoms with Crippen LogP contribution >= 0.6 is 11.8 Å². The van der Waals surface area contributed by atoms with E-state index in [0.717, 1.165) is 17.7 Å². The van der Waals surface area contributed by atoms with Crippen molar-refractivity contribution in [2.24, 2.45) is 0 Å². The fourth-order valence-corrected chi connectivity index (χ4v) is 4.15. The molecular weight excluding hydrogens is 294 g/mol. The van der Waals surface area contributed by atoms with Gasteiger partial charge >= 0.3 is 0 Å². The Balaban J connectivity index is 3.01. The van der Waals surface area contributed by atoms with Crippen LogP contribution in [0.1, 0.15) is 31.4 Å². The smallest absolute Gasteiger partial charge is 0.241 e. The van der Waals surface area contributed by atoms with Gasteiger partial charge in [0.25, 0.3) is 0 Å². The lowest BCUT2D eigenvalue weighted by atomic mass is 10.1. The van der Waals surface area contributed by atoms with E-state index in [-0.39, 0.29) is 17.5 Å². The Morgan fingerprint density at radius 1 is 1.40 bits per heavy atom. The molecule has 0 heterocycles. The number of aliphatic hydroxyl groups is 1. The first-order valence-corrected chi connectivity index (χ1v) is 9.56. The van der Waals surface area contributed by atoms with E-state index in [9.17, 15) is 13.5 Å². The third kappa shape index (κ3) is 4.77. The van der Waals surface area contributed by atoms with Gasteiger partial charge in [-0.1, -0.05) is 19.1 Å². The predicted molar refractivity (Wildman–Crippen MR) is 84.5 cm³/mol. The molecule has 1 atom stereocenters. The molecule has 0 amide bonds. The van der Waals surface area contributed by atoms with Crippen LogP contribution in [0.5, 0.6) is 0 Å². The Hall–Kier alpha value is -0.560. The maximum Gasteiger partial charge on any atom is 0.241 e. The van der Waals surface area contributed by atoms with Gasteiger partial charge < -0.3 is 5.11 Å². The van der Waals surface area contributed by atoms with E-state index in [0.29, 0.717) is 12.0 Å². The van der Waals surface area contributed by atoms with Gasteiger partial charge in [0.1, 0.15) is 0 Å². The molecule has 0 spiro atoms. The lowest BCUT2D eigenvalue weighted by molar-refractivity contribution is 0.281. The monoisotopic (exact) mass is 317 g/mol. The third-order valence-electron chi connectivity index (χ3n) is 3.10. The van der Waals surface area contributed by atoms with E-state index >= 15 is 0 Å². The fourth-order valence-electron chi connectivity index (χ4n) is 1.92. The topological polar surface area (TPSA) is 66.4 Å². The number of aliphatic hydroxyl groups excluding tert-OH is 1. The first kappa shape index (κ1) is 17.5. The van der Waals surface area contributed by atoms with E-state index in [1.807, 2.05) is 20.1 Å². The van der Waals surface area contributed by atoms with Crippen molar-refractivity contribution in [2.75, 3.05) is 12.0 Å². The van der Waals surface area contributed by atoms with Crippen molar-refractivity contribution in [1.29, 1.82) is 0 Å². The molecule has 4 nitrogen and oxygen atoms in total. The zero-order valence-corrected chi connectivity index (χ0v) is 13.9. The maximum absolute atomic E-state index is 12.5. The second kappa shape index (κ2) is 8.02. The lowest BCUT2D eigenvalue weighted by Gasteiger charge is -2.16. The molecule has 6 heteroatoms. The van der Waals surface area contributed by atoms with E-state index in [1.165, 1.54) is 0 Å². The summed E-state index contributed by atoms with van der Waals surface area (Å²) in [6.45, 7) is 3.63. The number of hydrogen-bond donors (Lipinski definition) is 2. The Morgan fingerprint density at radius 2 is 2.10 bits per heavy atom. The van der Waals surface area contributed by atoms with E-state index < -0.39 is 10.0 Å². The SMILES string of the molecule is CCc1ccc(CO)cc1S(=O)(=O)NC(C)CCSC. The minimum absolute atomic E-state index is 0.102. The molecule has 0 aliphatic heterocycles. The van der Waals surface area contributed by atoms with Crippen LogP contribution in [0.25, 0.3) is 0 Å². The highest BCUT2D eigenvalue weighted by molar-refractivity contribution is 7.98. The molecule has 0 saturated heterocycles. The summed E-state index contributed by atoms with van der Waals surface area (Å²) in [5.41, 5.74) is 1.38. The quantitative estimate of drug-likeness (QED) is 0.771. The molecule has 0 radical (unpaired) electrons. The zero-order valence-electron chi connectivity index (χ0n) is 12.2. The molecule has 1 unspecified atom stereocenters. The van der Waals surface area contributed by atoms with Crippen LogP contribution in [0.4, 0.5) is 0 Å². The summed E-state index contributed by atoms with van der Waals surface area (Å²) in [7, 11) is -3.54. The van der Waals surface area contributed by atoms with Crippen LogP contribution in [0, 0.1) is 0 Å². The van der Waals surface area contributed by atoms with Crippen molar-refractivity contribution in [3.63, 3.8) is 0 Å². The predicted octanol–water partition coefficient (Wildman–Crippen LogP) is 2.16. The molecule has 1 aromatic rings. The molecule has 1 aromatic carbocycles. The van der Waals surface area contributed by atoms with Gasteiger partial charge in [0, 0.05) is 6.04 Å². The molecule has 0 bridgehead atoms. The van der Waals surface area contributed by atoms with Crippen molar-refractivity contribution < 1.29 is 13.5 Å². The van der Waals surface area contributed by atoms with Crippen molar-refractivity contribution in [3.05, 3.63) is 29.3 Å². The van der Waals surface area contributed by atoms with Gasteiger partial charge in [-0.05, 0) is 49.0 Å². The van der Waals surface area contributed by atoms with Gasteiger partial charge in [0.05, 0.1) is 11.5 Å². The molecule has 20 heavy (non-hydrogen) atoms. The lowest BCUT2D eigenvalue weighted by Crippen LogP contribution is -2.33. The van der Waals surface area contributed by atoms with E-state index in [2.05, 4.69) is 4.72 Å². The molecule has 1 rings (SSSR count). The Bertz CT molecular complexity index is 529. The van der Waals surface area contributed by atoms with Crippen molar-refractivity contribution in [1.82, 2.24) is 4.72 Å². The van der Waals surface area contributed by atoms with Crippen molar-refractivity contribution in [2.45, 2.75) is 44.2 Å². The fraction of sp³-hybridized carbons (Fsp3) is 0.571. The molecule has 0 saturated carbocycles. The Labute approximate surface area is 126 Å². The Morgan fingerprint density at radius 3 is 2.65 bits per heavy atom. The molecule has 0 aliphatic rings. The van der Waals surface area contributed by atoms with Gasteiger partial charge in [-0.3, -0.25) is 0 Å². The minimum Gasteiger partial charge on any atom is -0.392 e. The summed E-state index contributed by atoms with van der Waals surface area (Å²) in [6, 6.07) is 4.99. The number of hydrogen-bond acceptors (Lipinski definition) is 4. The zero-order chi connectivity index (χ0) is 15.2. The van der Waals surface area contributed by atoms with Crippen LogP contribution in [0.2, 0.25) is 0 Å². The van der Waals surface area contributed by atoms with Gasteiger partial charge in [0.15, 0.2) is 0 Å². The van der Waals surface area contributed by atoms with E-state index in [4.69, 9.17) is 0 Å². The third-order valence-corrected chi connectivity index (χ3v) is 5.41. The van der Waals surface area contributed by atoms with Crippen molar-refractivity contribution in [3.8, 4) is 0 Å². The van der Waals surface area contributed by atoms with Crippen LogP contribution in [0.15, 0.2) is 23.1 Å². The van der Waals surface area contributed by atoms with Gasteiger partial charge in [0.2, 0.25) is 10.0 Å². The number of thioether (sulfide) groups is 1. The maximum atomic E-state index is 12.5. The normalized spacial score (nSPS) is 13.4. The molecule has 0 aliphatic carbocycles. The molecule has 0 fully saturated rings. The number of sulfonamides is 1. The highest BCUT2D eigenvalue weighted by Crippen LogP contribution is 2.19. The highest BCUT2D eigenvalue weighted by Gasteiger charge is 2.20. The van der Waals surface area contributed by atoms with Crippen molar-refractivity contribution >= 4 is 21.8 Å². The van der Waals surface area contributed by atoms with Crippen LogP contribution < -0.4 is 4.72 Å². The van der Waals surface area contributed by atoms with Crippen LogP contribution in [0.3, 0.4) is 0 Å². The summed E-state index contributed by atoms with van der Waals surface area (Å²) in [6.07, 6.45) is 3.43. The molecule has 114 valence electrons. The molecular formula is C14H23NO3S2.